The van der Waals surface area contributed by atoms with Gasteiger partial charge in [0.2, 0.25) is 0 Å². The van der Waals surface area contributed by atoms with Gasteiger partial charge in [0.15, 0.2) is 0 Å². The van der Waals surface area contributed by atoms with Crippen LogP contribution in [0.5, 0.6) is 0 Å². The van der Waals surface area contributed by atoms with E-state index in [0.717, 1.165) is 0 Å². The molecule has 1 nitrogen and oxygen atoms in total. The Hall–Kier alpha value is 0.682. The SMILES string of the molecule is CS[C](=O)[Re]. The number of carbonyl (C=O) groups is 1. The van der Waals surface area contributed by atoms with Crippen LogP contribution in [0.2, 0.25) is 0 Å². The molecule has 0 fully saturated rings. The van der Waals surface area contributed by atoms with E-state index in [1.165, 1.54) is 31.0 Å². The van der Waals surface area contributed by atoms with E-state index >= 15 is 0 Å². The summed E-state index contributed by atoms with van der Waals surface area (Å²) in [5.41, 5.74) is 0. The summed E-state index contributed by atoms with van der Waals surface area (Å²) in [4.78, 5) is 9.80. The van der Waals surface area contributed by atoms with E-state index in [1.807, 2.05) is 0 Å². The summed E-state index contributed by atoms with van der Waals surface area (Å²) in [7, 11) is 0. The predicted molar refractivity (Wildman–Crippen MR) is 18.9 cm³/mol. The number of carbonyl (C=O) groups excluding carboxylic acids is 1. The zero-order valence-electron chi connectivity index (χ0n) is 2.69. The molecular weight excluding hydrogens is 258 g/mol. The van der Waals surface area contributed by atoms with Crippen LogP contribution in [0.15, 0.2) is 0 Å². The fourth-order valence-corrected chi connectivity index (χ4v) is 0. The van der Waals surface area contributed by atoms with Crippen molar-refractivity contribution in [3.05, 3.63) is 0 Å². The molecule has 0 aromatic rings. The Bertz CT molecular complexity index is 44.9. The Morgan fingerprint density at radius 2 is 2.20 bits per heavy atom. The van der Waals surface area contributed by atoms with Crippen molar-refractivity contribution < 1.29 is 24.0 Å². The van der Waals surface area contributed by atoms with Gasteiger partial charge in [0.25, 0.3) is 0 Å². The molecule has 0 N–H and O–H groups in total. The second kappa shape index (κ2) is 2.90. The molecule has 0 rings (SSSR count). The fraction of sp³-hybridized carbons (Fsp3) is 0.500. The summed E-state index contributed by atoms with van der Waals surface area (Å²) in [6.45, 7) is 0. The van der Waals surface area contributed by atoms with Crippen LogP contribution in [-0.2, 0) is 19.2 Å². The van der Waals surface area contributed by atoms with Crippen molar-refractivity contribution in [1.82, 2.24) is 0 Å². The zero-order chi connectivity index (χ0) is 4.28. The summed E-state index contributed by atoms with van der Waals surface area (Å²) in [5, 5.41) is 0. The van der Waals surface area contributed by atoms with Gasteiger partial charge in [-0.2, -0.15) is 0 Å². The maximum absolute atomic E-state index is 9.80. The van der Waals surface area contributed by atoms with Gasteiger partial charge in [0, 0.05) is 0 Å². The first-order chi connectivity index (χ1) is 2.27. The van der Waals surface area contributed by atoms with Gasteiger partial charge >= 0.3 is 45.6 Å². The van der Waals surface area contributed by atoms with Crippen LogP contribution in [0.1, 0.15) is 0 Å². The van der Waals surface area contributed by atoms with Crippen LogP contribution in [-0.4, -0.2) is 9.84 Å². The van der Waals surface area contributed by atoms with Crippen LogP contribution in [0.4, 0.5) is 4.79 Å². The zero-order valence-corrected chi connectivity index (χ0v) is 6.23. The first kappa shape index (κ1) is 5.68. The van der Waals surface area contributed by atoms with Gasteiger partial charge in [-0.05, 0) is 0 Å². The minimum atomic E-state index is 0.227. The van der Waals surface area contributed by atoms with Crippen molar-refractivity contribution >= 4 is 15.4 Å². The summed E-state index contributed by atoms with van der Waals surface area (Å²) in [5.74, 6) is 0. The molecule has 0 atom stereocenters. The molecule has 5 heavy (non-hydrogen) atoms. The van der Waals surface area contributed by atoms with Crippen molar-refractivity contribution in [3.8, 4) is 0 Å². The van der Waals surface area contributed by atoms with Crippen LogP contribution in [0, 0.1) is 0 Å². The van der Waals surface area contributed by atoms with Gasteiger partial charge in [-0.3, -0.25) is 0 Å². The maximum atomic E-state index is 9.80. The molecule has 0 unspecified atom stereocenters. The summed E-state index contributed by atoms with van der Waals surface area (Å²) >= 11 is 2.47. The third kappa shape index (κ3) is 4.68. The number of hydrogen-bond donors (Lipinski definition) is 0. The molecule has 0 radical (unpaired) electrons. The Kier molecular flexibility index (Phi) is 3.29. The van der Waals surface area contributed by atoms with E-state index in [4.69, 9.17) is 0 Å². The Balaban J connectivity index is 2.85. The summed E-state index contributed by atoms with van der Waals surface area (Å²) in [6, 6.07) is 0. The summed E-state index contributed by atoms with van der Waals surface area (Å²) in [6.07, 6.45) is 1.78. The second-order valence-corrected chi connectivity index (χ2v) is 3.39. The first-order valence-corrected chi connectivity index (χ1v) is 3.59. The normalized spacial score (nSPS) is 7.60. The quantitative estimate of drug-likeness (QED) is 0.647. The fourth-order valence-electron chi connectivity index (χ4n) is 0. The summed E-state index contributed by atoms with van der Waals surface area (Å²) < 4.78 is 0.227. The topological polar surface area (TPSA) is 17.1 Å². The number of thioether (sulfide) groups is 1. The van der Waals surface area contributed by atoms with E-state index in [9.17, 15) is 4.79 Å². The Labute approximate surface area is 45.9 Å². The van der Waals surface area contributed by atoms with Crippen LogP contribution in [0.25, 0.3) is 0 Å². The van der Waals surface area contributed by atoms with Gasteiger partial charge in [0.1, 0.15) is 0 Å². The minimum absolute atomic E-state index is 0.227. The van der Waals surface area contributed by atoms with Crippen molar-refractivity contribution in [3.63, 3.8) is 0 Å². The van der Waals surface area contributed by atoms with Gasteiger partial charge < -0.3 is 0 Å². The van der Waals surface area contributed by atoms with Crippen molar-refractivity contribution in [2.24, 2.45) is 0 Å². The second-order valence-electron chi connectivity index (χ2n) is 0.442. The molecule has 3 heteroatoms. The van der Waals surface area contributed by atoms with Crippen LogP contribution >= 0.6 is 11.8 Å². The van der Waals surface area contributed by atoms with E-state index in [2.05, 4.69) is 0 Å². The van der Waals surface area contributed by atoms with E-state index in [1.54, 1.807) is 6.26 Å². The van der Waals surface area contributed by atoms with Crippen molar-refractivity contribution in [1.29, 1.82) is 0 Å². The van der Waals surface area contributed by atoms with Gasteiger partial charge in [-0.1, -0.05) is 0 Å². The third-order valence-corrected chi connectivity index (χ3v) is 2.14. The molecule has 0 amide bonds. The average Bonchev–Trinajstić information content (AvgIpc) is 1.38. The number of hydrogen-bond acceptors (Lipinski definition) is 2. The molecule has 0 heterocycles. The Morgan fingerprint density at radius 3 is 2.20 bits per heavy atom. The standard InChI is InChI=1S/C2H3OS.Re/c1-4-2-3;/h1H3;. The molecule has 0 bridgehead atoms. The average molecular weight is 261 g/mol. The molecule has 0 saturated heterocycles. The molecule has 0 aromatic heterocycles. The number of rotatable bonds is 0. The molecule has 30 valence electrons. The van der Waals surface area contributed by atoms with Gasteiger partial charge in [-0.15, -0.1) is 0 Å². The molecular formula is C2H3OReS. The molecule has 0 spiro atoms. The van der Waals surface area contributed by atoms with Crippen LogP contribution < -0.4 is 0 Å². The molecule has 0 aliphatic heterocycles. The van der Waals surface area contributed by atoms with Crippen molar-refractivity contribution in [2.45, 2.75) is 0 Å². The predicted octanol–water partition coefficient (Wildman–Crippen LogP) is 1.02. The van der Waals surface area contributed by atoms with Gasteiger partial charge in [-0.25, -0.2) is 0 Å². The molecule has 0 saturated carbocycles. The Morgan fingerprint density at radius 1 is 2.00 bits per heavy atom. The van der Waals surface area contributed by atoms with E-state index < -0.39 is 0 Å². The van der Waals surface area contributed by atoms with E-state index in [0.29, 0.717) is 0 Å². The van der Waals surface area contributed by atoms with E-state index in [-0.39, 0.29) is 3.59 Å². The molecule has 0 aromatic carbocycles. The first-order valence-electron chi connectivity index (χ1n) is 1.01. The van der Waals surface area contributed by atoms with Crippen LogP contribution in [0.3, 0.4) is 0 Å². The third-order valence-electron chi connectivity index (χ3n) is 0.160. The molecule has 0 aliphatic carbocycles. The van der Waals surface area contributed by atoms with Gasteiger partial charge in [0.05, 0.1) is 0 Å². The molecule has 0 aliphatic rings. The van der Waals surface area contributed by atoms with Crippen molar-refractivity contribution in [2.75, 3.05) is 6.26 Å². The monoisotopic (exact) mass is 262 g/mol.